The molecule has 1 aromatic carbocycles. The third kappa shape index (κ3) is 4.60. The highest BCUT2D eigenvalue weighted by molar-refractivity contribution is 7.89. The van der Waals surface area contributed by atoms with Crippen LogP contribution in [0.25, 0.3) is 11.0 Å². The summed E-state index contributed by atoms with van der Waals surface area (Å²) in [5.74, 6) is 0.744. The third-order valence-corrected chi connectivity index (χ3v) is 6.04. The molecule has 0 aliphatic carbocycles. The number of carbonyl (C=O) groups excluding carboxylic acids is 1. The van der Waals surface area contributed by atoms with Gasteiger partial charge in [-0.05, 0) is 38.2 Å². The van der Waals surface area contributed by atoms with E-state index in [-0.39, 0.29) is 10.8 Å². The lowest BCUT2D eigenvalue weighted by Gasteiger charge is -2.10. The van der Waals surface area contributed by atoms with Crippen LogP contribution >= 0.6 is 0 Å². The van der Waals surface area contributed by atoms with E-state index >= 15 is 0 Å². The SMILES string of the molecule is CNCCCNC(=O)CCc1nc2cc(S(=O)(=O)N(C)C)ccc2n1C. The third-order valence-electron chi connectivity index (χ3n) is 4.22. The zero-order valence-corrected chi connectivity index (χ0v) is 16.6. The number of fused-ring (bicyclic) bond motifs is 1. The molecule has 0 aliphatic heterocycles. The fourth-order valence-corrected chi connectivity index (χ4v) is 3.55. The van der Waals surface area contributed by atoms with E-state index in [9.17, 15) is 13.2 Å². The van der Waals surface area contributed by atoms with Gasteiger partial charge >= 0.3 is 0 Å². The predicted octanol–water partition coefficient (Wildman–Crippen LogP) is 0.482. The smallest absolute Gasteiger partial charge is 0.242 e. The highest BCUT2D eigenvalue weighted by Crippen LogP contribution is 2.21. The molecule has 0 fully saturated rings. The van der Waals surface area contributed by atoms with E-state index in [1.807, 2.05) is 18.7 Å². The zero-order valence-electron chi connectivity index (χ0n) is 15.7. The van der Waals surface area contributed by atoms with E-state index < -0.39 is 10.0 Å². The summed E-state index contributed by atoms with van der Waals surface area (Å²) in [7, 11) is 3.25. The Morgan fingerprint density at radius 1 is 1.27 bits per heavy atom. The Labute approximate surface area is 154 Å². The normalized spacial score (nSPS) is 12.0. The van der Waals surface area contributed by atoms with Crippen molar-refractivity contribution in [1.29, 1.82) is 0 Å². The summed E-state index contributed by atoms with van der Waals surface area (Å²) in [6, 6.07) is 4.91. The van der Waals surface area contributed by atoms with E-state index in [1.165, 1.54) is 18.4 Å². The molecule has 2 aromatic rings. The van der Waals surface area contributed by atoms with Crippen molar-refractivity contribution in [3.05, 3.63) is 24.0 Å². The molecule has 9 heteroatoms. The minimum Gasteiger partial charge on any atom is -0.356 e. The van der Waals surface area contributed by atoms with Gasteiger partial charge < -0.3 is 15.2 Å². The molecule has 2 rings (SSSR count). The Kier molecular flexibility index (Phi) is 6.74. The Hall–Kier alpha value is -1.97. The molecule has 0 saturated heterocycles. The first-order chi connectivity index (χ1) is 12.3. The molecule has 0 bridgehead atoms. The predicted molar refractivity (Wildman–Crippen MR) is 101 cm³/mol. The molecular formula is C17H27N5O3S. The summed E-state index contributed by atoms with van der Waals surface area (Å²) < 4.78 is 27.6. The number of nitrogens with one attached hydrogen (secondary N) is 2. The topological polar surface area (TPSA) is 96.3 Å². The maximum absolute atomic E-state index is 12.3. The van der Waals surface area contributed by atoms with E-state index in [4.69, 9.17) is 0 Å². The minimum atomic E-state index is -3.50. The van der Waals surface area contributed by atoms with Gasteiger partial charge in [-0.2, -0.15) is 0 Å². The van der Waals surface area contributed by atoms with Gasteiger partial charge in [0.2, 0.25) is 15.9 Å². The van der Waals surface area contributed by atoms with Crippen molar-refractivity contribution in [1.82, 2.24) is 24.5 Å². The van der Waals surface area contributed by atoms with Crippen LogP contribution in [0.5, 0.6) is 0 Å². The second-order valence-electron chi connectivity index (χ2n) is 6.33. The number of hydrogen-bond donors (Lipinski definition) is 2. The zero-order chi connectivity index (χ0) is 19.3. The molecule has 144 valence electrons. The molecule has 26 heavy (non-hydrogen) atoms. The first-order valence-electron chi connectivity index (χ1n) is 8.56. The second-order valence-corrected chi connectivity index (χ2v) is 8.48. The highest BCUT2D eigenvalue weighted by Gasteiger charge is 2.19. The first kappa shape index (κ1) is 20.3. The maximum Gasteiger partial charge on any atom is 0.242 e. The fraction of sp³-hybridized carbons (Fsp3) is 0.529. The minimum absolute atomic E-state index is 0.0102. The van der Waals surface area contributed by atoms with Crippen LogP contribution in [0.4, 0.5) is 0 Å². The summed E-state index contributed by atoms with van der Waals surface area (Å²) >= 11 is 0. The molecule has 0 radical (unpaired) electrons. The summed E-state index contributed by atoms with van der Waals surface area (Å²) in [6.45, 7) is 1.51. The lowest BCUT2D eigenvalue weighted by Crippen LogP contribution is -2.26. The number of aryl methyl sites for hydroxylation is 2. The molecule has 0 saturated carbocycles. The first-order valence-corrected chi connectivity index (χ1v) is 10.0. The van der Waals surface area contributed by atoms with Crippen LogP contribution < -0.4 is 10.6 Å². The summed E-state index contributed by atoms with van der Waals surface area (Å²) in [5, 5.41) is 5.91. The number of nitrogens with zero attached hydrogens (tertiary/aromatic N) is 3. The Morgan fingerprint density at radius 3 is 2.65 bits per heavy atom. The number of amides is 1. The number of benzene rings is 1. The average molecular weight is 382 g/mol. The number of carbonyl (C=O) groups is 1. The van der Waals surface area contributed by atoms with Gasteiger partial charge in [-0.3, -0.25) is 4.79 Å². The van der Waals surface area contributed by atoms with E-state index in [0.29, 0.717) is 24.9 Å². The van der Waals surface area contributed by atoms with Crippen LogP contribution in [-0.4, -0.2) is 62.4 Å². The molecule has 2 N–H and O–H groups in total. The van der Waals surface area contributed by atoms with Crippen molar-refractivity contribution >= 4 is 27.0 Å². The maximum atomic E-state index is 12.3. The largest absolute Gasteiger partial charge is 0.356 e. The van der Waals surface area contributed by atoms with Crippen LogP contribution in [0.1, 0.15) is 18.7 Å². The van der Waals surface area contributed by atoms with E-state index in [1.54, 1.807) is 18.2 Å². The molecule has 0 atom stereocenters. The number of imidazole rings is 1. The number of rotatable bonds is 9. The van der Waals surface area contributed by atoms with Crippen molar-refractivity contribution in [2.75, 3.05) is 34.2 Å². The Balaban J connectivity index is 2.10. The van der Waals surface area contributed by atoms with Gasteiger partial charge in [-0.1, -0.05) is 0 Å². The van der Waals surface area contributed by atoms with Gasteiger partial charge in [-0.25, -0.2) is 17.7 Å². The van der Waals surface area contributed by atoms with Crippen LogP contribution in [0.3, 0.4) is 0 Å². The van der Waals surface area contributed by atoms with Crippen LogP contribution in [0.2, 0.25) is 0 Å². The molecule has 1 amide bonds. The van der Waals surface area contributed by atoms with Gasteiger partial charge in [0.25, 0.3) is 0 Å². The Morgan fingerprint density at radius 2 is 2.00 bits per heavy atom. The van der Waals surface area contributed by atoms with Gasteiger partial charge in [0.15, 0.2) is 0 Å². The van der Waals surface area contributed by atoms with Crippen LogP contribution in [0, 0.1) is 0 Å². The van der Waals surface area contributed by atoms with Gasteiger partial charge in [-0.15, -0.1) is 0 Å². The summed E-state index contributed by atoms with van der Waals surface area (Å²) in [4.78, 5) is 16.6. The van der Waals surface area contributed by atoms with Crippen molar-refractivity contribution in [2.45, 2.75) is 24.2 Å². The van der Waals surface area contributed by atoms with Crippen molar-refractivity contribution < 1.29 is 13.2 Å². The lowest BCUT2D eigenvalue weighted by atomic mass is 10.2. The standard InChI is InChI=1S/C17H27N5O3S/c1-18-10-5-11-19-17(23)9-8-16-20-14-12-13(26(24,25)21(2)3)6-7-15(14)22(16)4/h6-7,12,18H,5,8-11H2,1-4H3,(H,19,23). The number of hydrogen-bond acceptors (Lipinski definition) is 5. The van der Waals surface area contributed by atoms with Crippen molar-refractivity contribution in [2.24, 2.45) is 7.05 Å². The average Bonchev–Trinajstić information content (AvgIpc) is 2.92. The molecule has 0 unspecified atom stereocenters. The molecular weight excluding hydrogens is 354 g/mol. The molecule has 0 spiro atoms. The van der Waals surface area contributed by atoms with Gasteiger partial charge in [0.05, 0.1) is 15.9 Å². The Bertz CT molecular complexity index is 874. The number of sulfonamides is 1. The monoisotopic (exact) mass is 381 g/mol. The van der Waals surface area contributed by atoms with Crippen molar-refractivity contribution in [3.63, 3.8) is 0 Å². The highest BCUT2D eigenvalue weighted by atomic mass is 32.2. The molecule has 1 heterocycles. The van der Waals surface area contributed by atoms with Crippen LogP contribution in [0.15, 0.2) is 23.1 Å². The van der Waals surface area contributed by atoms with Crippen molar-refractivity contribution in [3.8, 4) is 0 Å². The molecule has 8 nitrogen and oxygen atoms in total. The fourth-order valence-electron chi connectivity index (χ4n) is 2.63. The summed E-state index contributed by atoms with van der Waals surface area (Å²) in [6.07, 6.45) is 1.73. The second kappa shape index (κ2) is 8.61. The van der Waals surface area contributed by atoms with E-state index in [2.05, 4.69) is 15.6 Å². The quantitative estimate of drug-likeness (QED) is 0.616. The molecule has 0 aliphatic rings. The molecule has 1 aromatic heterocycles. The lowest BCUT2D eigenvalue weighted by molar-refractivity contribution is -0.121. The van der Waals surface area contributed by atoms with Gasteiger partial charge in [0, 0.05) is 40.5 Å². The van der Waals surface area contributed by atoms with Gasteiger partial charge in [0.1, 0.15) is 5.82 Å². The van der Waals surface area contributed by atoms with Crippen LogP contribution in [-0.2, 0) is 28.3 Å². The summed E-state index contributed by atoms with van der Waals surface area (Å²) in [5.41, 5.74) is 1.45. The number of aromatic nitrogens is 2. The van der Waals surface area contributed by atoms with E-state index in [0.717, 1.165) is 24.3 Å².